The van der Waals surface area contributed by atoms with Gasteiger partial charge in [0.15, 0.2) is 12.2 Å². The number of benzene rings is 3. The van der Waals surface area contributed by atoms with Crippen LogP contribution in [0.25, 0.3) is 0 Å². The average molecular weight is 721 g/mol. The number of alkyl carbamates (subject to hydrolysis) is 2. The average Bonchev–Trinajstić information content (AvgIpc) is 3.14. The van der Waals surface area contributed by atoms with Crippen LogP contribution in [0, 0.1) is 0 Å². The van der Waals surface area contributed by atoms with Crippen molar-refractivity contribution in [3.63, 3.8) is 0 Å². The zero-order valence-electron chi connectivity index (χ0n) is 29.2. The third-order valence-electron chi connectivity index (χ3n) is 6.49. The molecule has 3 rings (SSSR count). The van der Waals surface area contributed by atoms with Crippen molar-refractivity contribution in [2.45, 2.75) is 26.1 Å². The van der Waals surface area contributed by atoms with Crippen molar-refractivity contribution in [3.05, 3.63) is 109 Å². The first-order valence-corrected chi connectivity index (χ1v) is 16.3. The van der Waals surface area contributed by atoms with Crippen LogP contribution in [0.3, 0.4) is 0 Å². The lowest BCUT2D eigenvalue weighted by Gasteiger charge is -2.21. The molecular formula is C38H44N2O12. The van der Waals surface area contributed by atoms with E-state index in [1.54, 1.807) is 48.5 Å². The zero-order valence-corrected chi connectivity index (χ0v) is 29.2. The van der Waals surface area contributed by atoms with Crippen LogP contribution in [0.15, 0.2) is 109 Å². The van der Waals surface area contributed by atoms with Gasteiger partial charge in [0.05, 0.1) is 13.1 Å². The number of amides is 2. The third kappa shape index (κ3) is 16.5. The summed E-state index contributed by atoms with van der Waals surface area (Å²) < 4.78 is 44.5. The SMILES string of the molecule is C=C(C)C(=O)OCCNC(=O)OC(COc1ccccc1)COc1cccc(OCC(COc2ccccc2)OC(=O)NCCOC(=O)C(=C)C)c1. The van der Waals surface area contributed by atoms with E-state index in [9.17, 15) is 19.2 Å². The first kappa shape index (κ1) is 40.3. The molecular weight excluding hydrogens is 676 g/mol. The minimum Gasteiger partial charge on any atom is -0.490 e. The zero-order chi connectivity index (χ0) is 37.6. The molecule has 2 unspecified atom stereocenters. The molecule has 0 bridgehead atoms. The van der Waals surface area contributed by atoms with Crippen molar-refractivity contribution in [2.75, 3.05) is 52.7 Å². The second-order valence-electron chi connectivity index (χ2n) is 11.1. The van der Waals surface area contributed by atoms with E-state index in [0.717, 1.165) is 0 Å². The van der Waals surface area contributed by atoms with Crippen molar-refractivity contribution >= 4 is 24.1 Å². The van der Waals surface area contributed by atoms with Crippen molar-refractivity contribution in [1.29, 1.82) is 0 Å². The Morgan fingerprint density at radius 1 is 0.538 bits per heavy atom. The van der Waals surface area contributed by atoms with Gasteiger partial charge < -0.3 is 48.5 Å². The van der Waals surface area contributed by atoms with E-state index in [0.29, 0.717) is 23.0 Å². The molecule has 52 heavy (non-hydrogen) atoms. The highest BCUT2D eigenvalue weighted by molar-refractivity contribution is 5.87. The highest BCUT2D eigenvalue weighted by atomic mass is 16.6. The summed E-state index contributed by atoms with van der Waals surface area (Å²) >= 11 is 0. The second kappa shape index (κ2) is 22.5. The van der Waals surface area contributed by atoms with Gasteiger partial charge in [-0.3, -0.25) is 0 Å². The molecule has 278 valence electrons. The van der Waals surface area contributed by atoms with Crippen molar-refractivity contribution < 1.29 is 57.1 Å². The lowest BCUT2D eigenvalue weighted by molar-refractivity contribution is -0.139. The lowest BCUT2D eigenvalue weighted by Crippen LogP contribution is -2.37. The summed E-state index contributed by atoms with van der Waals surface area (Å²) in [6, 6.07) is 24.7. The number of carbonyl (C=O) groups excluding carboxylic acids is 4. The summed E-state index contributed by atoms with van der Waals surface area (Å²) in [6.07, 6.45) is -3.18. The smallest absolute Gasteiger partial charge is 0.407 e. The van der Waals surface area contributed by atoms with Gasteiger partial charge in [0.2, 0.25) is 0 Å². The van der Waals surface area contributed by atoms with Crippen LogP contribution < -0.4 is 29.6 Å². The van der Waals surface area contributed by atoms with E-state index in [4.69, 9.17) is 37.9 Å². The lowest BCUT2D eigenvalue weighted by atomic mass is 10.3. The summed E-state index contributed by atoms with van der Waals surface area (Å²) in [5, 5.41) is 5.05. The van der Waals surface area contributed by atoms with Crippen molar-refractivity contribution in [3.8, 4) is 23.0 Å². The molecule has 0 aromatic heterocycles. The van der Waals surface area contributed by atoms with Crippen molar-refractivity contribution in [2.24, 2.45) is 0 Å². The van der Waals surface area contributed by atoms with E-state index in [-0.39, 0.29) is 63.9 Å². The Kier molecular flexibility index (Phi) is 17.4. The van der Waals surface area contributed by atoms with Crippen LogP contribution >= 0.6 is 0 Å². The summed E-state index contributed by atoms with van der Waals surface area (Å²) in [5.74, 6) is 0.830. The number of carbonyl (C=O) groups is 4. The van der Waals surface area contributed by atoms with Crippen LogP contribution in [0.2, 0.25) is 0 Å². The van der Waals surface area contributed by atoms with E-state index in [1.165, 1.54) is 13.8 Å². The minimum atomic E-state index is -0.835. The molecule has 14 nitrogen and oxygen atoms in total. The van der Waals surface area contributed by atoms with Gasteiger partial charge in [0, 0.05) is 17.2 Å². The molecule has 0 spiro atoms. The number of nitrogens with one attached hydrogen (secondary N) is 2. The number of ether oxygens (including phenoxy) is 8. The Labute approximate surface area is 302 Å². The van der Waals surface area contributed by atoms with Crippen LogP contribution in [0.1, 0.15) is 13.8 Å². The molecule has 0 fully saturated rings. The van der Waals surface area contributed by atoms with Crippen LogP contribution in [0.5, 0.6) is 23.0 Å². The molecule has 2 amide bonds. The van der Waals surface area contributed by atoms with Gasteiger partial charge in [-0.15, -0.1) is 0 Å². The molecule has 0 saturated heterocycles. The third-order valence-corrected chi connectivity index (χ3v) is 6.49. The molecule has 2 atom stereocenters. The first-order valence-electron chi connectivity index (χ1n) is 16.3. The molecule has 2 N–H and O–H groups in total. The Morgan fingerprint density at radius 3 is 1.25 bits per heavy atom. The van der Waals surface area contributed by atoms with E-state index < -0.39 is 36.3 Å². The highest BCUT2D eigenvalue weighted by Crippen LogP contribution is 2.21. The van der Waals surface area contributed by atoms with Gasteiger partial charge in [-0.05, 0) is 50.2 Å². The Balaban J connectivity index is 1.56. The van der Waals surface area contributed by atoms with Gasteiger partial charge in [-0.1, -0.05) is 55.6 Å². The molecule has 0 heterocycles. The summed E-state index contributed by atoms with van der Waals surface area (Å²) in [6.45, 7) is 9.81. The second-order valence-corrected chi connectivity index (χ2v) is 11.1. The minimum absolute atomic E-state index is 0.0168. The van der Waals surface area contributed by atoms with Crippen molar-refractivity contribution in [1.82, 2.24) is 10.6 Å². The molecule has 3 aromatic carbocycles. The highest BCUT2D eigenvalue weighted by Gasteiger charge is 2.19. The number of rotatable bonds is 22. The number of hydrogen-bond acceptors (Lipinski definition) is 12. The number of hydrogen-bond donors (Lipinski definition) is 2. The van der Waals surface area contributed by atoms with Gasteiger partial charge in [0.25, 0.3) is 0 Å². The fraction of sp³-hybridized carbons (Fsp3) is 0.316. The summed E-state index contributed by atoms with van der Waals surface area (Å²) in [5.41, 5.74) is 0.495. The molecule has 0 aliphatic rings. The van der Waals surface area contributed by atoms with Crippen LogP contribution in [0.4, 0.5) is 9.59 Å². The van der Waals surface area contributed by atoms with E-state index in [1.807, 2.05) is 36.4 Å². The molecule has 3 aromatic rings. The van der Waals surface area contributed by atoms with Gasteiger partial charge in [0.1, 0.15) is 62.6 Å². The van der Waals surface area contributed by atoms with E-state index in [2.05, 4.69) is 23.8 Å². The summed E-state index contributed by atoms with van der Waals surface area (Å²) in [4.78, 5) is 48.1. The maximum atomic E-state index is 12.5. The largest absolute Gasteiger partial charge is 0.490 e. The topological polar surface area (TPSA) is 166 Å². The number of esters is 2. The first-order chi connectivity index (χ1) is 25.1. The van der Waals surface area contributed by atoms with Gasteiger partial charge >= 0.3 is 24.1 Å². The predicted octanol–water partition coefficient (Wildman–Crippen LogP) is 5.03. The molecule has 0 aliphatic carbocycles. The molecule has 0 aliphatic heterocycles. The predicted molar refractivity (Wildman–Crippen MR) is 189 cm³/mol. The quantitative estimate of drug-likeness (QED) is 0.0616. The fourth-order valence-electron chi connectivity index (χ4n) is 3.90. The number of para-hydroxylation sites is 2. The maximum Gasteiger partial charge on any atom is 0.407 e. The monoisotopic (exact) mass is 720 g/mol. The molecule has 14 heteroatoms. The van der Waals surface area contributed by atoms with Crippen LogP contribution in [-0.2, 0) is 28.5 Å². The standard InChI is InChI=1S/C38H44N2O12/c1-27(2)35(41)45-20-18-39-37(43)51-33(23-47-29-12-7-5-8-13-29)25-49-31-16-11-17-32(22-31)50-26-34(24-48-30-14-9-6-10-15-30)52-38(44)40-19-21-46-36(42)28(3)4/h5-17,22,33-34H,1,3,18-21,23-26H2,2,4H3,(H,39,43)(H,40,44). The van der Waals surface area contributed by atoms with Crippen LogP contribution in [-0.4, -0.2) is 89.1 Å². The Hall–Kier alpha value is -6.18. The van der Waals surface area contributed by atoms with Gasteiger partial charge in [-0.25, -0.2) is 19.2 Å². The summed E-state index contributed by atoms with van der Waals surface area (Å²) in [7, 11) is 0. The maximum absolute atomic E-state index is 12.5. The Morgan fingerprint density at radius 2 is 0.885 bits per heavy atom. The fourth-order valence-corrected chi connectivity index (χ4v) is 3.90. The Bertz CT molecular complexity index is 1490. The molecule has 0 saturated carbocycles. The molecule has 0 radical (unpaired) electrons. The van der Waals surface area contributed by atoms with E-state index >= 15 is 0 Å². The normalized spacial score (nSPS) is 11.4. The van der Waals surface area contributed by atoms with Gasteiger partial charge in [-0.2, -0.15) is 0 Å².